The summed E-state index contributed by atoms with van der Waals surface area (Å²) in [6.45, 7) is 0. The maximum atomic E-state index is 2.33. The Kier molecular flexibility index (Phi) is 0.927. The molecule has 0 heteroatoms. The third-order valence-electron chi connectivity index (χ3n) is 3.94. The van der Waals surface area contributed by atoms with Crippen LogP contribution in [0.4, 0.5) is 0 Å². The lowest BCUT2D eigenvalue weighted by molar-refractivity contribution is 1.87. The molecule has 0 fully saturated rings. The van der Waals surface area contributed by atoms with Gasteiger partial charge in [0.2, 0.25) is 0 Å². The summed E-state index contributed by atoms with van der Waals surface area (Å²) in [5, 5.41) is 11.4. The van der Waals surface area contributed by atoms with Crippen LogP contribution in [0.3, 0.4) is 0 Å². The minimum atomic E-state index is 1.37. The fourth-order valence-electron chi connectivity index (χ4n) is 3.28. The van der Waals surface area contributed by atoms with Crippen LogP contribution in [0.15, 0.2) is 48.5 Å². The van der Waals surface area contributed by atoms with Crippen molar-refractivity contribution in [1.82, 2.24) is 0 Å². The van der Waals surface area contributed by atoms with Gasteiger partial charge in [-0.2, -0.15) is 0 Å². The van der Waals surface area contributed by atoms with Gasteiger partial charge in [0, 0.05) is 0 Å². The first-order chi connectivity index (χ1) is 7.93. The van der Waals surface area contributed by atoms with Crippen molar-refractivity contribution in [3.63, 3.8) is 0 Å². The van der Waals surface area contributed by atoms with Crippen molar-refractivity contribution in [3.05, 3.63) is 48.5 Å². The first kappa shape index (κ1) is 7.24. The number of rotatable bonds is 0. The fraction of sp³-hybridized carbons (Fsp3) is 0. The molecule has 0 aliphatic heterocycles. The number of hydrogen-bond donors (Lipinski definition) is 0. The molecule has 0 heterocycles. The first-order valence-electron chi connectivity index (χ1n) is 5.64. The average molecular weight is 200 g/mol. The molecular formula is C16H8. The van der Waals surface area contributed by atoms with Crippen LogP contribution in [0.5, 0.6) is 0 Å². The van der Waals surface area contributed by atoms with E-state index in [4.69, 9.17) is 0 Å². The third kappa shape index (κ3) is 0.570. The van der Waals surface area contributed by atoms with E-state index in [-0.39, 0.29) is 0 Å². The van der Waals surface area contributed by atoms with E-state index in [1.165, 1.54) is 43.1 Å². The van der Waals surface area contributed by atoms with Crippen LogP contribution < -0.4 is 0 Å². The molecule has 0 saturated carbocycles. The van der Waals surface area contributed by atoms with Gasteiger partial charge in [0.25, 0.3) is 0 Å². The molecule has 16 heavy (non-hydrogen) atoms. The summed E-state index contributed by atoms with van der Waals surface area (Å²) in [7, 11) is 0. The van der Waals surface area contributed by atoms with Crippen molar-refractivity contribution in [2.24, 2.45) is 0 Å². The van der Waals surface area contributed by atoms with Gasteiger partial charge in [-0.25, -0.2) is 0 Å². The molecular weight excluding hydrogens is 192 g/mol. The van der Waals surface area contributed by atoms with Crippen molar-refractivity contribution in [2.45, 2.75) is 0 Å². The maximum Gasteiger partial charge on any atom is -0.00143 e. The minimum Gasteiger partial charge on any atom is -0.0610 e. The van der Waals surface area contributed by atoms with Crippen LogP contribution >= 0.6 is 0 Å². The highest BCUT2D eigenvalue weighted by Crippen LogP contribution is 2.45. The van der Waals surface area contributed by atoms with E-state index < -0.39 is 0 Å². The molecule has 6 rings (SSSR count). The Morgan fingerprint density at radius 3 is 2.31 bits per heavy atom. The molecule has 6 aromatic rings. The molecule has 0 amide bonds. The smallest absolute Gasteiger partial charge is 0.00143 e. The molecule has 6 aromatic carbocycles. The molecule has 0 nitrogen and oxygen atoms in total. The molecule has 0 atom stereocenters. The van der Waals surface area contributed by atoms with Crippen molar-refractivity contribution < 1.29 is 0 Å². The summed E-state index contributed by atoms with van der Waals surface area (Å²) in [6, 6.07) is 18.0. The van der Waals surface area contributed by atoms with Gasteiger partial charge >= 0.3 is 0 Å². The lowest BCUT2D eigenvalue weighted by atomic mass is 9.98. The normalized spacial score (nSPS) is 13.0. The Balaban J connectivity index is 2.47. The predicted molar refractivity (Wildman–Crippen MR) is 70.0 cm³/mol. The molecule has 0 saturated heterocycles. The van der Waals surface area contributed by atoms with Gasteiger partial charge in [0.05, 0.1) is 0 Å². The summed E-state index contributed by atoms with van der Waals surface area (Å²) in [6.07, 6.45) is 0. The number of hydrogen-bond acceptors (Lipinski definition) is 0. The second-order valence-electron chi connectivity index (χ2n) is 4.65. The topological polar surface area (TPSA) is 0 Å². The van der Waals surface area contributed by atoms with Gasteiger partial charge in [-0.3, -0.25) is 0 Å². The largest absolute Gasteiger partial charge is 0.0610 e. The van der Waals surface area contributed by atoms with Crippen LogP contribution in [0.2, 0.25) is 0 Å². The molecule has 0 N–H and O–H groups in total. The van der Waals surface area contributed by atoms with Crippen LogP contribution in [-0.4, -0.2) is 0 Å². The van der Waals surface area contributed by atoms with Crippen molar-refractivity contribution >= 4 is 43.1 Å². The third-order valence-corrected chi connectivity index (χ3v) is 3.94. The number of fused-ring (bicyclic) bond motifs is 1. The lowest BCUT2D eigenvalue weighted by Gasteiger charge is -2.05. The summed E-state index contributed by atoms with van der Waals surface area (Å²) in [5.74, 6) is 0. The quantitative estimate of drug-likeness (QED) is 0.320. The van der Waals surface area contributed by atoms with E-state index in [1.54, 1.807) is 0 Å². The molecule has 0 unspecified atom stereocenters. The van der Waals surface area contributed by atoms with Crippen molar-refractivity contribution in [2.75, 3.05) is 0 Å². The molecule has 0 aliphatic carbocycles. The van der Waals surface area contributed by atoms with Crippen LogP contribution in [-0.2, 0) is 0 Å². The molecule has 0 radical (unpaired) electrons. The zero-order valence-electron chi connectivity index (χ0n) is 8.62. The standard InChI is InChI=1S/C16H8/c1-2-9-4-6-11-10-5-7-13-14(8-10)12(3-1)15(9)16(11)13/h1-8H. The van der Waals surface area contributed by atoms with E-state index in [0.717, 1.165) is 0 Å². The van der Waals surface area contributed by atoms with E-state index in [1.807, 2.05) is 0 Å². The van der Waals surface area contributed by atoms with Crippen LogP contribution in [0.25, 0.3) is 43.1 Å². The molecule has 0 aliphatic rings. The summed E-state index contributed by atoms with van der Waals surface area (Å²) >= 11 is 0. The van der Waals surface area contributed by atoms with Gasteiger partial charge < -0.3 is 0 Å². The van der Waals surface area contributed by atoms with Gasteiger partial charge in [-0.15, -0.1) is 0 Å². The highest BCUT2D eigenvalue weighted by Gasteiger charge is 2.16. The fourth-order valence-corrected chi connectivity index (χ4v) is 3.28. The zero-order valence-corrected chi connectivity index (χ0v) is 8.62. The second-order valence-corrected chi connectivity index (χ2v) is 4.65. The SMILES string of the molecule is c1cc2ccc3c4ccc5c(c4)c(c1)c2c35. The zero-order chi connectivity index (χ0) is 10.3. The van der Waals surface area contributed by atoms with E-state index in [9.17, 15) is 0 Å². The Morgan fingerprint density at radius 2 is 1.31 bits per heavy atom. The Morgan fingerprint density at radius 1 is 0.500 bits per heavy atom. The van der Waals surface area contributed by atoms with E-state index in [2.05, 4.69) is 48.5 Å². The molecule has 0 aromatic heterocycles. The van der Waals surface area contributed by atoms with Crippen molar-refractivity contribution in [1.29, 1.82) is 0 Å². The summed E-state index contributed by atoms with van der Waals surface area (Å²) in [4.78, 5) is 0. The predicted octanol–water partition coefficient (Wildman–Crippen LogP) is 4.61. The van der Waals surface area contributed by atoms with Gasteiger partial charge in [-0.05, 0) is 49.2 Å². The maximum absolute atomic E-state index is 2.33. The number of benzene rings is 5. The highest BCUT2D eigenvalue weighted by atomic mass is 14.2. The summed E-state index contributed by atoms with van der Waals surface area (Å²) in [5.41, 5.74) is 0. The van der Waals surface area contributed by atoms with E-state index >= 15 is 0 Å². The van der Waals surface area contributed by atoms with Gasteiger partial charge in [0.1, 0.15) is 0 Å². The first-order valence-corrected chi connectivity index (χ1v) is 5.64. The Labute approximate surface area is 92.1 Å². The average Bonchev–Trinajstić information content (AvgIpc) is 2.64. The van der Waals surface area contributed by atoms with E-state index in [0.29, 0.717) is 0 Å². The Hall–Kier alpha value is -2.08. The Bertz CT molecular complexity index is 930. The summed E-state index contributed by atoms with van der Waals surface area (Å²) < 4.78 is 0. The van der Waals surface area contributed by atoms with Crippen molar-refractivity contribution in [3.8, 4) is 0 Å². The monoisotopic (exact) mass is 200 g/mol. The molecule has 72 valence electrons. The van der Waals surface area contributed by atoms with Crippen LogP contribution in [0, 0.1) is 0 Å². The lowest BCUT2D eigenvalue weighted by Crippen LogP contribution is -1.77. The van der Waals surface area contributed by atoms with Gasteiger partial charge in [0.15, 0.2) is 0 Å². The highest BCUT2D eigenvalue weighted by molar-refractivity contribution is 6.38. The van der Waals surface area contributed by atoms with Gasteiger partial charge in [-0.1, -0.05) is 42.5 Å². The van der Waals surface area contributed by atoms with Crippen LogP contribution in [0.1, 0.15) is 0 Å². The second kappa shape index (κ2) is 2.05. The molecule has 0 spiro atoms. The molecule has 4 bridgehead atoms. The minimum absolute atomic E-state index is 1.37.